The number of rotatable bonds is 4. The van der Waals surface area contributed by atoms with Gasteiger partial charge in [0.1, 0.15) is 0 Å². The number of esters is 1. The summed E-state index contributed by atoms with van der Waals surface area (Å²) in [6, 6.07) is 4.82. The number of carbonyl (C=O) groups excluding carboxylic acids is 1. The second-order valence-corrected chi connectivity index (χ2v) is 3.65. The molecule has 0 aliphatic heterocycles. The lowest BCUT2D eigenvalue weighted by Gasteiger charge is -2.06. The maximum absolute atomic E-state index is 12.3. The van der Waals surface area contributed by atoms with Crippen LogP contribution in [0.2, 0.25) is 0 Å². The van der Waals surface area contributed by atoms with Gasteiger partial charge in [-0.3, -0.25) is 0 Å². The first-order chi connectivity index (χ1) is 8.93. The van der Waals surface area contributed by atoms with Crippen molar-refractivity contribution in [2.24, 2.45) is 0 Å². The maximum Gasteiger partial charge on any atom is 0.416 e. The predicted octanol–water partition coefficient (Wildman–Crippen LogP) is 3.22. The van der Waals surface area contributed by atoms with E-state index in [2.05, 4.69) is 4.74 Å². The maximum atomic E-state index is 12.3. The fourth-order valence-electron chi connectivity index (χ4n) is 1.37. The van der Waals surface area contributed by atoms with Crippen LogP contribution in [0.3, 0.4) is 0 Å². The number of hydrogen-bond acceptors (Lipinski definition) is 3. The van der Waals surface area contributed by atoms with E-state index >= 15 is 0 Å². The topological polar surface area (TPSA) is 50.1 Å². The molecule has 1 rings (SSSR count). The Hall–Kier alpha value is -2.29. The zero-order valence-corrected chi connectivity index (χ0v) is 9.78. The third kappa shape index (κ3) is 5.25. The first kappa shape index (κ1) is 14.8. The van der Waals surface area contributed by atoms with Crippen molar-refractivity contribution in [3.05, 3.63) is 47.5 Å². The number of halogens is 3. The second kappa shape index (κ2) is 6.59. The summed E-state index contributed by atoms with van der Waals surface area (Å²) < 4.78 is 40.9. The molecule has 3 nitrogen and oxygen atoms in total. The monoisotopic (exact) mass is 269 g/mol. The molecule has 0 spiro atoms. The Balaban J connectivity index is 2.47. The highest BCUT2D eigenvalue weighted by Crippen LogP contribution is 2.29. The van der Waals surface area contributed by atoms with Crippen molar-refractivity contribution in [1.29, 1.82) is 5.26 Å². The lowest BCUT2D eigenvalue weighted by atomic mass is 10.1. The van der Waals surface area contributed by atoms with Gasteiger partial charge in [-0.25, -0.2) is 4.79 Å². The van der Waals surface area contributed by atoms with Crippen LogP contribution in [0.25, 0.3) is 0 Å². The van der Waals surface area contributed by atoms with Crippen molar-refractivity contribution in [3.8, 4) is 6.26 Å². The number of nitrogens with zero attached hydrogens (tertiary/aromatic N) is 1. The first-order valence-electron chi connectivity index (χ1n) is 5.36. The van der Waals surface area contributed by atoms with E-state index < -0.39 is 17.7 Å². The molecule has 0 aliphatic rings. The summed E-state index contributed by atoms with van der Waals surface area (Å²) in [5, 5.41) is 8.04. The molecule has 0 saturated carbocycles. The van der Waals surface area contributed by atoms with Crippen molar-refractivity contribution in [3.63, 3.8) is 0 Å². The molecule has 6 heteroatoms. The average Bonchev–Trinajstić information content (AvgIpc) is 2.34. The lowest BCUT2D eigenvalue weighted by Crippen LogP contribution is -2.04. The number of aryl methyl sites for hydroxylation is 1. The Bertz CT molecular complexity index is 498. The highest BCUT2D eigenvalue weighted by atomic mass is 19.4. The van der Waals surface area contributed by atoms with Crippen LogP contribution >= 0.6 is 0 Å². The minimum atomic E-state index is -4.33. The third-order valence-corrected chi connectivity index (χ3v) is 2.28. The van der Waals surface area contributed by atoms with Crippen LogP contribution in [-0.2, 0) is 22.1 Å². The van der Waals surface area contributed by atoms with Crippen molar-refractivity contribution < 1.29 is 22.7 Å². The van der Waals surface area contributed by atoms with Gasteiger partial charge in [0.15, 0.2) is 0 Å². The number of hydrogen-bond donors (Lipinski definition) is 0. The SMILES string of the molecule is N#COC(=O)C=CCCc1ccc(C(F)(F)F)cc1. The largest absolute Gasteiger partial charge is 0.416 e. The fourth-order valence-corrected chi connectivity index (χ4v) is 1.37. The van der Waals surface area contributed by atoms with E-state index in [4.69, 9.17) is 5.26 Å². The van der Waals surface area contributed by atoms with Crippen molar-refractivity contribution >= 4 is 5.97 Å². The number of allylic oxidation sites excluding steroid dienone is 1. The number of benzene rings is 1. The highest BCUT2D eigenvalue weighted by Gasteiger charge is 2.29. The molecule has 1 aromatic rings. The summed E-state index contributed by atoms with van der Waals surface area (Å²) in [4.78, 5) is 10.8. The van der Waals surface area contributed by atoms with Gasteiger partial charge >= 0.3 is 12.1 Å². The molecule has 0 aromatic heterocycles. The first-order valence-corrected chi connectivity index (χ1v) is 5.36. The molecule has 0 saturated heterocycles. The molecular weight excluding hydrogens is 259 g/mol. The van der Waals surface area contributed by atoms with Crippen LogP contribution < -0.4 is 0 Å². The molecule has 1 aromatic carbocycles. The smallest absolute Gasteiger partial charge is 0.347 e. The van der Waals surface area contributed by atoms with Crippen molar-refractivity contribution in [2.75, 3.05) is 0 Å². The molecule has 0 bridgehead atoms. The fraction of sp³-hybridized carbons (Fsp3) is 0.231. The zero-order chi connectivity index (χ0) is 14.3. The Kier molecular flexibility index (Phi) is 5.12. The van der Waals surface area contributed by atoms with E-state index in [-0.39, 0.29) is 0 Å². The molecule has 0 atom stereocenters. The van der Waals surface area contributed by atoms with E-state index in [1.165, 1.54) is 24.5 Å². The van der Waals surface area contributed by atoms with E-state index in [0.29, 0.717) is 12.8 Å². The van der Waals surface area contributed by atoms with Gasteiger partial charge in [-0.1, -0.05) is 18.2 Å². The van der Waals surface area contributed by atoms with Crippen LogP contribution in [0, 0.1) is 11.5 Å². The molecule has 100 valence electrons. The Morgan fingerprint density at radius 3 is 2.47 bits per heavy atom. The summed E-state index contributed by atoms with van der Waals surface area (Å²) in [5.74, 6) is -0.769. The summed E-state index contributed by atoms with van der Waals surface area (Å²) >= 11 is 0. The minimum absolute atomic E-state index is 0.464. The molecule has 0 N–H and O–H groups in total. The minimum Gasteiger partial charge on any atom is -0.347 e. The van der Waals surface area contributed by atoms with E-state index in [1.807, 2.05) is 0 Å². The van der Waals surface area contributed by atoms with Crippen LogP contribution in [0.15, 0.2) is 36.4 Å². The lowest BCUT2D eigenvalue weighted by molar-refractivity contribution is -0.137. The van der Waals surface area contributed by atoms with Crippen molar-refractivity contribution in [1.82, 2.24) is 0 Å². The third-order valence-electron chi connectivity index (χ3n) is 2.28. The van der Waals surface area contributed by atoms with Gasteiger partial charge in [0.2, 0.25) is 0 Å². The quantitative estimate of drug-likeness (QED) is 0.479. The van der Waals surface area contributed by atoms with Gasteiger partial charge in [0.05, 0.1) is 5.56 Å². The second-order valence-electron chi connectivity index (χ2n) is 3.65. The van der Waals surface area contributed by atoms with Crippen LogP contribution in [0.1, 0.15) is 17.5 Å². The van der Waals surface area contributed by atoms with Crippen LogP contribution in [-0.4, -0.2) is 5.97 Å². The highest BCUT2D eigenvalue weighted by molar-refractivity contribution is 5.82. The number of nitriles is 1. The molecular formula is C13H10F3NO2. The standard InChI is InChI=1S/C13H10F3NO2/c14-13(15,16)11-7-5-10(6-8-11)3-1-2-4-12(18)19-9-17/h2,4-8H,1,3H2. The van der Waals surface area contributed by atoms with Gasteiger partial charge in [-0.05, 0) is 30.5 Å². The zero-order valence-electron chi connectivity index (χ0n) is 9.78. The average molecular weight is 269 g/mol. The van der Waals surface area contributed by atoms with E-state index in [0.717, 1.165) is 23.8 Å². The summed E-state index contributed by atoms with van der Waals surface area (Å²) in [6.07, 6.45) is 0.466. The Morgan fingerprint density at radius 1 is 1.32 bits per heavy atom. The summed E-state index contributed by atoms with van der Waals surface area (Å²) in [7, 11) is 0. The number of ether oxygens (including phenoxy) is 1. The van der Waals surface area contributed by atoms with Gasteiger partial charge in [0.25, 0.3) is 6.26 Å². The molecule has 0 aliphatic carbocycles. The summed E-state index contributed by atoms with van der Waals surface area (Å²) in [6.45, 7) is 0. The summed E-state index contributed by atoms with van der Waals surface area (Å²) in [5.41, 5.74) is 0.0377. The van der Waals surface area contributed by atoms with Crippen LogP contribution in [0.5, 0.6) is 0 Å². The molecule has 0 amide bonds. The molecule has 0 heterocycles. The number of alkyl halides is 3. The molecule has 0 fully saturated rings. The van der Waals surface area contributed by atoms with Gasteiger partial charge < -0.3 is 4.74 Å². The Labute approximate surface area is 107 Å². The van der Waals surface area contributed by atoms with E-state index in [1.54, 1.807) is 0 Å². The van der Waals surface area contributed by atoms with Crippen molar-refractivity contribution in [2.45, 2.75) is 19.0 Å². The normalized spacial score (nSPS) is 11.3. The molecule has 0 unspecified atom stereocenters. The molecule has 0 radical (unpaired) electrons. The Morgan fingerprint density at radius 2 is 1.95 bits per heavy atom. The van der Waals surface area contributed by atoms with E-state index in [9.17, 15) is 18.0 Å². The molecule has 19 heavy (non-hydrogen) atoms. The number of carbonyl (C=O) groups is 1. The van der Waals surface area contributed by atoms with Gasteiger partial charge in [-0.15, -0.1) is 5.26 Å². The van der Waals surface area contributed by atoms with Crippen LogP contribution in [0.4, 0.5) is 13.2 Å². The predicted molar refractivity (Wildman–Crippen MR) is 60.6 cm³/mol. The van der Waals surface area contributed by atoms with Gasteiger partial charge in [-0.2, -0.15) is 13.2 Å². The van der Waals surface area contributed by atoms with Gasteiger partial charge in [0, 0.05) is 6.08 Å².